The number of urea groups is 1. The lowest BCUT2D eigenvalue weighted by Crippen LogP contribution is -2.30. The molecule has 3 aromatic rings. The maximum absolute atomic E-state index is 12.0. The van der Waals surface area contributed by atoms with Crippen LogP contribution in [0.2, 0.25) is 5.02 Å². The number of hydrogen-bond donors (Lipinski definition) is 2. The Morgan fingerprint density at radius 1 is 1.25 bits per heavy atom. The van der Waals surface area contributed by atoms with Gasteiger partial charge in [0.1, 0.15) is 11.5 Å². The van der Waals surface area contributed by atoms with Crippen LogP contribution in [-0.2, 0) is 6.54 Å². The quantitative estimate of drug-likeness (QED) is 0.579. The molecule has 1 aromatic heterocycles. The van der Waals surface area contributed by atoms with Crippen LogP contribution >= 0.6 is 11.6 Å². The lowest BCUT2D eigenvalue weighted by Gasteiger charge is -2.11. The summed E-state index contributed by atoms with van der Waals surface area (Å²) in [6.45, 7) is 1.26. The van der Waals surface area contributed by atoms with E-state index in [2.05, 4.69) is 15.7 Å². The molecule has 0 spiro atoms. The first-order valence-corrected chi connectivity index (χ1v) is 9.02. The molecular formula is C20H18ClN5O2. The Morgan fingerprint density at radius 2 is 2.07 bits per heavy atom. The fourth-order valence-corrected chi connectivity index (χ4v) is 2.66. The zero-order valence-electron chi connectivity index (χ0n) is 14.9. The number of nitrogens with one attached hydrogen (secondary N) is 2. The van der Waals surface area contributed by atoms with Gasteiger partial charge in [0, 0.05) is 31.2 Å². The summed E-state index contributed by atoms with van der Waals surface area (Å²) in [5, 5.41) is 18.8. The Bertz CT molecular complexity index is 965. The summed E-state index contributed by atoms with van der Waals surface area (Å²) in [5.41, 5.74) is 1.11. The zero-order valence-corrected chi connectivity index (χ0v) is 15.7. The second-order valence-electron chi connectivity index (χ2n) is 5.89. The number of nitrogens with zero attached hydrogens (tertiary/aromatic N) is 3. The molecule has 3 rings (SSSR count). The normalized spacial score (nSPS) is 10.1. The molecule has 0 aliphatic carbocycles. The Hall–Kier alpha value is -3.50. The van der Waals surface area contributed by atoms with Crippen molar-refractivity contribution in [3.05, 3.63) is 71.5 Å². The van der Waals surface area contributed by atoms with Crippen molar-refractivity contribution in [1.82, 2.24) is 15.1 Å². The predicted molar refractivity (Wildman–Crippen MR) is 107 cm³/mol. The van der Waals surface area contributed by atoms with Crippen molar-refractivity contribution in [3.63, 3.8) is 0 Å². The van der Waals surface area contributed by atoms with Gasteiger partial charge in [-0.05, 0) is 55.0 Å². The van der Waals surface area contributed by atoms with Crippen LogP contribution in [0.15, 0.2) is 60.9 Å². The number of rotatable bonds is 7. The number of amides is 2. The minimum absolute atomic E-state index is 0.308. The predicted octanol–water partition coefficient (Wildman–Crippen LogP) is 4.41. The van der Waals surface area contributed by atoms with E-state index < -0.39 is 0 Å². The van der Waals surface area contributed by atoms with Gasteiger partial charge in [0.2, 0.25) is 0 Å². The molecule has 2 aromatic carbocycles. The largest absolute Gasteiger partial charge is 0.456 e. The molecule has 142 valence electrons. The van der Waals surface area contributed by atoms with Gasteiger partial charge in [-0.2, -0.15) is 10.4 Å². The molecule has 0 fully saturated rings. The van der Waals surface area contributed by atoms with Gasteiger partial charge >= 0.3 is 6.03 Å². The van der Waals surface area contributed by atoms with Crippen molar-refractivity contribution in [2.24, 2.45) is 0 Å². The Kier molecular flexibility index (Phi) is 6.50. The van der Waals surface area contributed by atoms with Crippen LogP contribution in [0.5, 0.6) is 11.5 Å². The average Bonchev–Trinajstić information content (AvgIpc) is 3.21. The molecular weight excluding hydrogens is 378 g/mol. The SMILES string of the molecule is N#Cc1ccc(Oc2ccc(NC(=O)NCCCn3cccn3)cc2Cl)cc1. The lowest BCUT2D eigenvalue weighted by molar-refractivity contribution is 0.251. The van der Waals surface area contributed by atoms with Gasteiger partial charge in [-0.3, -0.25) is 4.68 Å². The number of benzene rings is 2. The topological polar surface area (TPSA) is 92.0 Å². The Labute approximate surface area is 167 Å². The number of halogens is 1. The highest BCUT2D eigenvalue weighted by atomic mass is 35.5. The number of aromatic nitrogens is 2. The number of nitriles is 1. The molecule has 0 unspecified atom stereocenters. The summed E-state index contributed by atoms with van der Waals surface area (Å²) < 4.78 is 7.52. The van der Waals surface area contributed by atoms with Crippen molar-refractivity contribution in [2.75, 3.05) is 11.9 Å². The van der Waals surface area contributed by atoms with E-state index in [1.807, 2.05) is 23.0 Å². The Balaban J connectivity index is 1.48. The third-order valence-electron chi connectivity index (χ3n) is 3.81. The van der Waals surface area contributed by atoms with Crippen molar-refractivity contribution in [1.29, 1.82) is 5.26 Å². The van der Waals surface area contributed by atoms with Crippen LogP contribution in [0.25, 0.3) is 0 Å². The van der Waals surface area contributed by atoms with E-state index in [-0.39, 0.29) is 6.03 Å². The van der Waals surface area contributed by atoms with Crippen LogP contribution in [0.1, 0.15) is 12.0 Å². The van der Waals surface area contributed by atoms with Crippen LogP contribution in [0.4, 0.5) is 10.5 Å². The second-order valence-corrected chi connectivity index (χ2v) is 6.29. The molecule has 0 radical (unpaired) electrons. The monoisotopic (exact) mass is 395 g/mol. The van der Waals surface area contributed by atoms with Gasteiger partial charge in [0.05, 0.1) is 16.7 Å². The van der Waals surface area contributed by atoms with Crippen LogP contribution in [-0.4, -0.2) is 22.4 Å². The standard InChI is InChI=1S/C20H18ClN5O2/c21-18-13-16(25-20(27)23-9-1-11-26-12-2-10-24-26)5-8-19(18)28-17-6-3-15(14-22)4-7-17/h2-8,10,12-13H,1,9,11H2,(H2,23,25,27). The van der Waals surface area contributed by atoms with Crippen molar-refractivity contribution < 1.29 is 9.53 Å². The van der Waals surface area contributed by atoms with E-state index in [0.29, 0.717) is 34.3 Å². The summed E-state index contributed by atoms with van der Waals surface area (Å²) in [7, 11) is 0. The summed E-state index contributed by atoms with van der Waals surface area (Å²) in [4.78, 5) is 12.0. The summed E-state index contributed by atoms with van der Waals surface area (Å²) in [5.74, 6) is 1.02. The Morgan fingerprint density at radius 3 is 2.75 bits per heavy atom. The first kappa shape index (κ1) is 19.3. The van der Waals surface area contributed by atoms with E-state index in [9.17, 15) is 4.79 Å². The van der Waals surface area contributed by atoms with E-state index in [1.54, 1.807) is 48.7 Å². The van der Waals surface area contributed by atoms with E-state index in [4.69, 9.17) is 21.6 Å². The first-order chi connectivity index (χ1) is 13.6. The highest BCUT2D eigenvalue weighted by Crippen LogP contribution is 2.31. The summed E-state index contributed by atoms with van der Waals surface area (Å²) in [6, 6.07) is 15.3. The van der Waals surface area contributed by atoms with Gasteiger partial charge in [-0.25, -0.2) is 4.79 Å². The lowest BCUT2D eigenvalue weighted by atomic mass is 10.2. The number of aryl methyl sites for hydroxylation is 1. The van der Waals surface area contributed by atoms with Gasteiger partial charge in [0.15, 0.2) is 0 Å². The number of hydrogen-bond acceptors (Lipinski definition) is 4. The molecule has 8 heteroatoms. The van der Waals surface area contributed by atoms with E-state index in [0.717, 1.165) is 13.0 Å². The maximum Gasteiger partial charge on any atom is 0.319 e. The van der Waals surface area contributed by atoms with Crippen LogP contribution < -0.4 is 15.4 Å². The van der Waals surface area contributed by atoms with E-state index >= 15 is 0 Å². The molecule has 0 aliphatic rings. The van der Waals surface area contributed by atoms with Crippen molar-refractivity contribution in [3.8, 4) is 17.6 Å². The third kappa shape index (κ3) is 5.50. The number of ether oxygens (including phenoxy) is 1. The molecule has 2 amide bonds. The van der Waals surface area contributed by atoms with E-state index in [1.165, 1.54) is 0 Å². The number of carbonyl (C=O) groups excluding carboxylic acids is 1. The average molecular weight is 396 g/mol. The molecule has 1 heterocycles. The highest BCUT2D eigenvalue weighted by molar-refractivity contribution is 6.32. The van der Waals surface area contributed by atoms with Gasteiger partial charge in [0.25, 0.3) is 0 Å². The van der Waals surface area contributed by atoms with Crippen LogP contribution in [0.3, 0.4) is 0 Å². The van der Waals surface area contributed by atoms with Crippen molar-refractivity contribution >= 4 is 23.3 Å². The molecule has 7 nitrogen and oxygen atoms in total. The zero-order chi connectivity index (χ0) is 19.8. The minimum atomic E-state index is -0.308. The smallest absolute Gasteiger partial charge is 0.319 e. The first-order valence-electron chi connectivity index (χ1n) is 8.64. The van der Waals surface area contributed by atoms with Crippen molar-refractivity contribution in [2.45, 2.75) is 13.0 Å². The van der Waals surface area contributed by atoms with Gasteiger partial charge in [-0.1, -0.05) is 11.6 Å². The maximum atomic E-state index is 12.0. The second kappa shape index (κ2) is 9.44. The number of anilines is 1. The van der Waals surface area contributed by atoms with Crippen LogP contribution in [0, 0.1) is 11.3 Å². The minimum Gasteiger partial charge on any atom is -0.456 e. The number of carbonyl (C=O) groups is 1. The fraction of sp³-hybridized carbons (Fsp3) is 0.150. The molecule has 0 bridgehead atoms. The molecule has 0 aliphatic heterocycles. The summed E-state index contributed by atoms with van der Waals surface area (Å²) >= 11 is 6.25. The molecule has 0 saturated heterocycles. The molecule has 0 saturated carbocycles. The highest BCUT2D eigenvalue weighted by Gasteiger charge is 2.07. The van der Waals surface area contributed by atoms with Gasteiger partial charge < -0.3 is 15.4 Å². The molecule has 28 heavy (non-hydrogen) atoms. The molecule has 2 N–H and O–H groups in total. The van der Waals surface area contributed by atoms with Gasteiger partial charge in [-0.15, -0.1) is 0 Å². The third-order valence-corrected chi connectivity index (χ3v) is 4.11. The summed E-state index contributed by atoms with van der Waals surface area (Å²) in [6.07, 6.45) is 4.37. The molecule has 0 atom stereocenters. The fourth-order valence-electron chi connectivity index (χ4n) is 2.44.